The lowest BCUT2D eigenvalue weighted by Crippen LogP contribution is -2.29. The first-order chi connectivity index (χ1) is 15.6. The van der Waals surface area contributed by atoms with Crippen LogP contribution in [0.5, 0.6) is 0 Å². The van der Waals surface area contributed by atoms with Crippen LogP contribution >= 0.6 is 0 Å². The smallest absolute Gasteiger partial charge is 0.224 e. The van der Waals surface area contributed by atoms with Crippen molar-refractivity contribution in [2.75, 3.05) is 19.0 Å². The topological polar surface area (TPSA) is 11.5 Å². The molecule has 3 nitrogen and oxygen atoms in total. The van der Waals surface area contributed by atoms with Crippen LogP contribution < -0.4 is 9.47 Å². The third-order valence-corrected chi connectivity index (χ3v) is 7.26. The fourth-order valence-corrected chi connectivity index (χ4v) is 5.88. The molecule has 7 rings (SSSR count). The number of anilines is 1. The van der Waals surface area contributed by atoms with Crippen molar-refractivity contribution in [1.29, 1.82) is 0 Å². The fourth-order valence-electron chi connectivity index (χ4n) is 5.88. The minimum atomic E-state index is 1.27. The van der Waals surface area contributed by atoms with Gasteiger partial charge in [0.15, 0.2) is 6.20 Å². The molecular weight excluding hydrogens is 390 g/mol. The van der Waals surface area contributed by atoms with E-state index in [9.17, 15) is 0 Å². The van der Waals surface area contributed by atoms with Gasteiger partial charge in [-0.05, 0) is 46.8 Å². The number of pyridine rings is 2. The summed E-state index contributed by atoms with van der Waals surface area (Å²) in [7, 11) is 6.47. The lowest BCUT2D eigenvalue weighted by Gasteiger charge is -2.18. The summed E-state index contributed by atoms with van der Waals surface area (Å²) in [6.45, 7) is 2.28. The maximum atomic E-state index is 2.52. The number of para-hydroxylation sites is 1. The molecule has 3 aromatic heterocycles. The normalized spacial score (nSPS) is 12.4. The van der Waals surface area contributed by atoms with Gasteiger partial charge in [0, 0.05) is 36.6 Å². The molecule has 154 valence electrons. The van der Waals surface area contributed by atoms with Crippen molar-refractivity contribution in [2.24, 2.45) is 7.05 Å². The molecular formula is C29H24N3+. The van der Waals surface area contributed by atoms with E-state index in [4.69, 9.17) is 0 Å². The van der Waals surface area contributed by atoms with Gasteiger partial charge in [-0.2, -0.15) is 0 Å². The van der Waals surface area contributed by atoms with Gasteiger partial charge in [-0.1, -0.05) is 42.5 Å². The van der Waals surface area contributed by atoms with Crippen molar-refractivity contribution in [1.82, 2.24) is 4.40 Å². The van der Waals surface area contributed by atoms with Crippen molar-refractivity contribution in [2.45, 2.75) is 6.92 Å². The quantitative estimate of drug-likeness (QED) is 0.173. The average molecular weight is 415 g/mol. The summed E-state index contributed by atoms with van der Waals surface area (Å²) in [5.41, 5.74) is 7.79. The molecule has 0 amide bonds. The highest BCUT2D eigenvalue weighted by Gasteiger charge is 2.26. The van der Waals surface area contributed by atoms with E-state index in [0.717, 1.165) is 0 Å². The van der Waals surface area contributed by atoms with Gasteiger partial charge >= 0.3 is 0 Å². The molecule has 0 aliphatic carbocycles. The average Bonchev–Trinajstić information content (AvgIpc) is 3.15. The van der Waals surface area contributed by atoms with Gasteiger partial charge in [-0.3, -0.25) is 0 Å². The Kier molecular flexibility index (Phi) is 3.27. The largest absolute Gasteiger partial charge is 0.377 e. The fraction of sp³-hybridized carbons (Fsp3) is 0.138. The first-order valence-electron chi connectivity index (χ1n) is 11.1. The zero-order valence-electron chi connectivity index (χ0n) is 18.8. The van der Waals surface area contributed by atoms with Gasteiger partial charge in [-0.25, -0.2) is 4.57 Å². The molecule has 0 radical (unpaired) electrons. The number of fused-ring (bicyclic) bond motifs is 7. The van der Waals surface area contributed by atoms with Crippen LogP contribution in [0.3, 0.4) is 0 Å². The zero-order chi connectivity index (χ0) is 21.7. The number of hydrogen-bond donors (Lipinski definition) is 0. The number of nitrogens with zero attached hydrogens (tertiary/aromatic N) is 3. The van der Waals surface area contributed by atoms with Crippen molar-refractivity contribution in [3.8, 4) is 0 Å². The Morgan fingerprint density at radius 3 is 2.31 bits per heavy atom. The summed E-state index contributed by atoms with van der Waals surface area (Å²) in [5.74, 6) is 0. The van der Waals surface area contributed by atoms with Crippen LogP contribution in [0, 0.1) is 6.92 Å². The van der Waals surface area contributed by atoms with Crippen LogP contribution in [0.15, 0.2) is 72.9 Å². The van der Waals surface area contributed by atoms with E-state index < -0.39 is 0 Å². The van der Waals surface area contributed by atoms with Crippen molar-refractivity contribution in [3.63, 3.8) is 0 Å². The molecule has 0 saturated carbocycles. The molecule has 32 heavy (non-hydrogen) atoms. The molecule has 0 fully saturated rings. The number of hydrogen-bond acceptors (Lipinski definition) is 1. The van der Waals surface area contributed by atoms with Crippen LogP contribution in [0.2, 0.25) is 0 Å². The highest BCUT2D eigenvalue weighted by Crippen LogP contribution is 2.45. The number of benzene rings is 4. The second-order valence-electron chi connectivity index (χ2n) is 9.22. The lowest BCUT2D eigenvalue weighted by atomic mass is 9.95. The monoisotopic (exact) mass is 414 g/mol. The Balaban J connectivity index is 1.97. The highest BCUT2D eigenvalue weighted by molar-refractivity contribution is 6.31. The summed E-state index contributed by atoms with van der Waals surface area (Å²) >= 11 is 0. The molecule has 0 N–H and O–H groups in total. The van der Waals surface area contributed by atoms with Gasteiger partial charge < -0.3 is 9.30 Å². The minimum Gasteiger partial charge on any atom is -0.377 e. The number of aryl methyl sites for hydroxylation is 2. The number of rotatable bonds is 1. The molecule has 0 atom stereocenters. The number of aromatic nitrogens is 2. The van der Waals surface area contributed by atoms with Gasteiger partial charge in [0.2, 0.25) is 5.52 Å². The Morgan fingerprint density at radius 2 is 1.50 bits per heavy atom. The maximum absolute atomic E-state index is 2.52. The van der Waals surface area contributed by atoms with Gasteiger partial charge in [0.1, 0.15) is 7.05 Å². The Bertz CT molecular complexity index is 1870. The molecule has 4 aromatic carbocycles. The van der Waals surface area contributed by atoms with E-state index in [1.165, 1.54) is 71.0 Å². The first kappa shape index (κ1) is 17.8. The van der Waals surface area contributed by atoms with Gasteiger partial charge in [0.25, 0.3) is 0 Å². The zero-order valence-corrected chi connectivity index (χ0v) is 18.8. The summed E-state index contributed by atoms with van der Waals surface area (Å²) in [4.78, 5) is 2.25. The Morgan fingerprint density at radius 1 is 0.750 bits per heavy atom. The maximum Gasteiger partial charge on any atom is 0.224 e. The highest BCUT2D eigenvalue weighted by atomic mass is 15.1. The SMILES string of the molecule is Cc1c2ccccc2cc2c1c1c3c(cc[n+]1C)cc(N(C)C)c1c4ccccc4n2c13. The van der Waals surface area contributed by atoms with E-state index in [2.05, 4.69) is 115 Å². The summed E-state index contributed by atoms with van der Waals surface area (Å²) in [5, 5.41) is 9.23. The predicted octanol–water partition coefficient (Wildman–Crippen LogP) is 6.34. The molecule has 7 aromatic rings. The van der Waals surface area contributed by atoms with Crippen molar-refractivity contribution in [3.05, 3.63) is 78.5 Å². The van der Waals surface area contributed by atoms with Crippen molar-refractivity contribution >= 4 is 65.5 Å². The molecule has 0 spiro atoms. The molecule has 3 heterocycles. The Labute approximate surface area is 186 Å². The standard InChI is InChI=1S/C29H24N3/c1-17-20-10-6-5-9-18(20)15-24-25(17)28-26-19(13-14-31(28)4)16-23(30(2)3)27-21-11-7-8-12-22(21)32(24)29(26)27/h5-16H,1-4H3/q+1. The second-order valence-corrected chi connectivity index (χ2v) is 9.22. The lowest BCUT2D eigenvalue weighted by molar-refractivity contribution is -0.643. The second kappa shape index (κ2) is 5.89. The molecule has 0 aliphatic rings. The molecule has 0 unspecified atom stereocenters. The van der Waals surface area contributed by atoms with E-state index in [-0.39, 0.29) is 0 Å². The van der Waals surface area contributed by atoms with Crippen LogP contribution in [0.1, 0.15) is 5.56 Å². The van der Waals surface area contributed by atoms with Gasteiger partial charge in [-0.15, -0.1) is 0 Å². The third kappa shape index (κ3) is 1.99. The molecule has 0 saturated heterocycles. The van der Waals surface area contributed by atoms with Crippen molar-refractivity contribution < 1.29 is 4.57 Å². The third-order valence-electron chi connectivity index (χ3n) is 7.26. The van der Waals surface area contributed by atoms with Crippen LogP contribution in [0.25, 0.3) is 59.8 Å². The van der Waals surface area contributed by atoms with E-state index >= 15 is 0 Å². The molecule has 0 aliphatic heterocycles. The molecule has 0 bridgehead atoms. The van der Waals surface area contributed by atoms with Crippen LogP contribution in [-0.2, 0) is 7.05 Å². The van der Waals surface area contributed by atoms with Crippen LogP contribution in [0.4, 0.5) is 5.69 Å². The van der Waals surface area contributed by atoms with Crippen LogP contribution in [-0.4, -0.2) is 18.5 Å². The van der Waals surface area contributed by atoms with E-state index in [1.54, 1.807) is 0 Å². The minimum absolute atomic E-state index is 1.27. The summed E-state index contributed by atoms with van der Waals surface area (Å²) < 4.78 is 4.82. The van der Waals surface area contributed by atoms with E-state index in [0.29, 0.717) is 0 Å². The Hall–Kier alpha value is -3.85. The molecule has 3 heteroatoms. The van der Waals surface area contributed by atoms with Gasteiger partial charge in [0.05, 0.1) is 27.3 Å². The predicted molar refractivity (Wildman–Crippen MR) is 136 cm³/mol. The van der Waals surface area contributed by atoms with E-state index in [1.807, 2.05) is 0 Å². The summed E-state index contributed by atoms with van der Waals surface area (Å²) in [6, 6.07) is 24.6. The first-order valence-corrected chi connectivity index (χ1v) is 11.1. The summed E-state index contributed by atoms with van der Waals surface area (Å²) in [6.07, 6.45) is 2.21.